The summed E-state index contributed by atoms with van der Waals surface area (Å²) in [6, 6.07) is 0. The van der Waals surface area contributed by atoms with Gasteiger partial charge in [0.2, 0.25) is 10.4 Å². The smallest absolute Gasteiger partial charge is 0.726 e. The Hall–Kier alpha value is -1.06. The SMILES string of the molecule is C=C(C)CCC[C@]1(C)OC(=O)C23CCC4C(=CCC5C(C)(C)C(OC6OCC(OS(=O)(=O)[O-])C(O)C6OC6OC(C)C(OC7OC(CO)C(O)C(OC8OC(CO)C(O)C(OC)C8O)C7O)C(O)C6OC6OCC(O)C(O)C6O)CCC45C)[C@]2(C)CCC31.[Na+]. The standard InChI is InChI=1S/C59H94O28S.Na/c1-25(2)11-10-17-58(8)34-15-19-57(7)28-12-13-33-55(4,5)35(16-18-56(33,6)27(28)14-20-59(34,57)54(71)86-58)81-52-47(39(66)32(24-77-52)87-88(72,73)74)85-53-48(84-49-40(67)36(63)29(62)23-76-49)41(68)44(26(3)78-53)82-51-43(70)46(38(65)31(22-61)80-51)83-50-42(69)45(75-9)37(64)30(21-60)79-50;/h12,26-27,29-53,60-70H,1,10-11,13-24H2,2-9H3,(H,72,73,74);/q;+1/p-1/t26?,27?,29?,30?,31?,32?,33?,34?,35?,36?,37?,38?,39?,40?,41?,42?,43?,44?,45?,46?,47?,48?,49?,50?,51?,52?,53?,56?,57-,58-,59?;/m0./s1. The molecule has 10 aliphatic rings. The van der Waals surface area contributed by atoms with Crippen molar-refractivity contribution in [2.75, 3.05) is 33.5 Å². The zero-order chi connectivity index (χ0) is 64.1. The number of aliphatic hydroxyl groups is 11. The molecule has 4 aliphatic carbocycles. The Morgan fingerprint density at radius 2 is 1.27 bits per heavy atom. The molecule has 0 amide bonds. The predicted molar refractivity (Wildman–Crippen MR) is 296 cm³/mol. The van der Waals surface area contributed by atoms with Crippen LogP contribution >= 0.6 is 0 Å². The summed E-state index contributed by atoms with van der Waals surface area (Å²) < 4.78 is 114. The fourth-order valence-corrected chi connectivity index (χ4v) is 17.9. The summed E-state index contributed by atoms with van der Waals surface area (Å²) in [5, 5.41) is 122. The molecule has 0 radical (unpaired) electrons. The summed E-state index contributed by atoms with van der Waals surface area (Å²) in [6.45, 7) is 15.4. The maximum Gasteiger partial charge on any atom is 1.00 e. The van der Waals surface area contributed by atoms with Gasteiger partial charge in [-0.2, -0.15) is 0 Å². The van der Waals surface area contributed by atoms with E-state index in [1.54, 1.807) is 0 Å². The number of ether oxygens (including phenoxy) is 12. The van der Waals surface area contributed by atoms with E-state index in [-0.39, 0.29) is 58.7 Å². The minimum absolute atomic E-state index is 0. The summed E-state index contributed by atoms with van der Waals surface area (Å²) in [5.74, 6) is 0.111. The van der Waals surface area contributed by atoms with Crippen molar-refractivity contribution in [1.29, 1.82) is 0 Å². The first-order valence-electron chi connectivity index (χ1n) is 30.9. The molecule has 89 heavy (non-hydrogen) atoms. The number of hydrogen-bond donors (Lipinski definition) is 11. The fourth-order valence-electron chi connectivity index (χ4n) is 17.4. The first-order valence-corrected chi connectivity index (χ1v) is 32.2. The monoisotopic (exact) mass is 1300 g/mol. The molecule has 9 fully saturated rings. The van der Waals surface area contributed by atoms with Gasteiger partial charge >= 0.3 is 35.5 Å². The minimum atomic E-state index is -5.50. The van der Waals surface area contributed by atoms with Gasteiger partial charge in [0.05, 0.1) is 44.1 Å². The van der Waals surface area contributed by atoms with Gasteiger partial charge in [-0.25, -0.2) is 8.42 Å². The first-order chi connectivity index (χ1) is 41.3. The van der Waals surface area contributed by atoms with Crippen LogP contribution in [0.15, 0.2) is 23.8 Å². The molecule has 0 aromatic rings. The summed E-state index contributed by atoms with van der Waals surface area (Å²) in [4.78, 5) is 14.5. The zero-order valence-electron chi connectivity index (χ0n) is 52.0. The molecule has 6 aliphatic heterocycles. The number of carbonyl (C=O) groups is 1. The maximum absolute atomic E-state index is 14.5. The molecule has 30 heteroatoms. The van der Waals surface area contributed by atoms with E-state index in [2.05, 4.69) is 47.3 Å². The molecule has 6 saturated heterocycles. The van der Waals surface area contributed by atoms with Crippen molar-refractivity contribution in [3.8, 4) is 0 Å². The molecule has 11 N–H and O–H groups in total. The fraction of sp³-hybridized carbons (Fsp3) is 0.915. The molecule has 0 aromatic carbocycles. The Morgan fingerprint density at radius 3 is 1.90 bits per heavy atom. The molecule has 0 aromatic heterocycles. The summed E-state index contributed by atoms with van der Waals surface area (Å²) in [6.07, 6.45) is -31.5. The van der Waals surface area contributed by atoms with Gasteiger partial charge in [-0.15, -0.1) is 6.58 Å². The summed E-state index contributed by atoms with van der Waals surface area (Å²) in [7, 11) is -4.33. The van der Waals surface area contributed by atoms with Crippen molar-refractivity contribution in [3.63, 3.8) is 0 Å². The van der Waals surface area contributed by atoms with Gasteiger partial charge in [0.15, 0.2) is 31.5 Å². The third-order valence-corrected chi connectivity index (χ3v) is 22.6. The number of fused-ring (bicyclic) bond motifs is 4. The molecule has 29 unspecified atom stereocenters. The van der Waals surface area contributed by atoms with Crippen molar-refractivity contribution in [1.82, 2.24) is 0 Å². The van der Waals surface area contributed by atoms with E-state index in [0.29, 0.717) is 25.7 Å². The molecular formula is C59H93NaO28S. The number of methoxy groups -OCH3 is 1. The Labute approximate surface area is 540 Å². The number of aliphatic hydroxyl groups excluding tert-OH is 11. The molecule has 0 bridgehead atoms. The number of carbonyl (C=O) groups excluding carboxylic acids is 1. The van der Waals surface area contributed by atoms with Crippen LogP contribution in [-0.2, 0) is 76.2 Å². The van der Waals surface area contributed by atoms with Crippen molar-refractivity contribution in [2.45, 2.75) is 266 Å². The topological polar surface area (TPSA) is 417 Å². The Morgan fingerprint density at radius 1 is 0.674 bits per heavy atom. The number of rotatable bonds is 19. The van der Waals surface area contributed by atoms with E-state index in [1.807, 2.05) is 6.92 Å². The van der Waals surface area contributed by atoms with Gasteiger partial charge in [0.1, 0.15) is 109 Å². The largest absolute Gasteiger partial charge is 1.00 e. The molecule has 28 nitrogen and oxygen atoms in total. The molecular weight excluding hydrogens is 1210 g/mol. The number of hydrogen-bond acceptors (Lipinski definition) is 28. The van der Waals surface area contributed by atoms with Crippen LogP contribution in [0.3, 0.4) is 0 Å². The van der Waals surface area contributed by atoms with Crippen molar-refractivity contribution >= 4 is 16.4 Å². The second kappa shape index (κ2) is 27.5. The van der Waals surface area contributed by atoms with E-state index < -0.39 is 206 Å². The zero-order valence-corrected chi connectivity index (χ0v) is 54.9. The Bertz CT molecular complexity index is 2620. The number of allylic oxidation sites excluding steroid dienone is 3. The number of cyclic esters (lactones) is 1. The van der Waals surface area contributed by atoms with Crippen LogP contribution < -0.4 is 29.6 Å². The van der Waals surface area contributed by atoms with Gasteiger partial charge in [-0.1, -0.05) is 44.9 Å². The second-order valence-electron chi connectivity index (χ2n) is 27.6. The predicted octanol–water partition coefficient (Wildman–Crippen LogP) is -4.44. The van der Waals surface area contributed by atoms with E-state index in [1.165, 1.54) is 19.6 Å². The normalized spacial score (nSPS) is 50.5. The van der Waals surface area contributed by atoms with Crippen LogP contribution in [0.4, 0.5) is 0 Å². The molecule has 10 rings (SSSR count). The van der Waals surface area contributed by atoms with Gasteiger partial charge in [-0.3, -0.25) is 8.98 Å². The minimum Gasteiger partial charge on any atom is -0.726 e. The van der Waals surface area contributed by atoms with Gasteiger partial charge in [-0.05, 0) is 108 Å². The van der Waals surface area contributed by atoms with Crippen LogP contribution in [0.25, 0.3) is 0 Å². The van der Waals surface area contributed by atoms with Gasteiger partial charge < -0.3 is 118 Å². The molecule has 3 saturated carbocycles. The molecule has 1 spiro atoms. The summed E-state index contributed by atoms with van der Waals surface area (Å²) >= 11 is 0. The average Bonchev–Trinajstić information content (AvgIpc) is 1.56. The van der Waals surface area contributed by atoms with E-state index in [9.17, 15) is 73.9 Å². The van der Waals surface area contributed by atoms with Crippen molar-refractivity contribution < 1.29 is 165 Å². The molecule has 6 heterocycles. The summed E-state index contributed by atoms with van der Waals surface area (Å²) in [5.41, 5.74) is -0.134. The van der Waals surface area contributed by atoms with Gasteiger partial charge in [0.25, 0.3) is 0 Å². The van der Waals surface area contributed by atoms with E-state index >= 15 is 0 Å². The molecule has 504 valence electrons. The van der Waals surface area contributed by atoms with Crippen LogP contribution in [0.1, 0.15) is 113 Å². The van der Waals surface area contributed by atoms with E-state index in [4.69, 9.17) is 61.0 Å². The first kappa shape index (κ1) is 72.2. The van der Waals surface area contributed by atoms with Crippen molar-refractivity contribution in [3.05, 3.63) is 23.8 Å². The van der Waals surface area contributed by atoms with Gasteiger partial charge in [0, 0.05) is 18.4 Å². The van der Waals surface area contributed by atoms with E-state index in [0.717, 1.165) is 44.1 Å². The second-order valence-corrected chi connectivity index (χ2v) is 28.6. The van der Waals surface area contributed by atoms with Crippen molar-refractivity contribution in [2.24, 2.45) is 39.4 Å². The average molecular weight is 1310 g/mol. The quantitative estimate of drug-likeness (QED) is 0.0191. The number of esters is 1. The van der Waals surface area contributed by atoms with Crippen LogP contribution in [0, 0.1) is 39.4 Å². The Kier molecular flexibility index (Phi) is 22.3. The third-order valence-electron chi connectivity index (χ3n) is 22.1. The van der Waals surface area contributed by atoms with Crippen LogP contribution in [0.2, 0.25) is 0 Å². The Balaban J connectivity index is 0.00000941. The van der Waals surface area contributed by atoms with Crippen LogP contribution in [-0.4, -0.2) is 262 Å². The molecule has 31 atom stereocenters. The third kappa shape index (κ3) is 13.0. The maximum atomic E-state index is 14.5. The van der Waals surface area contributed by atoms with Crippen LogP contribution in [0.5, 0.6) is 0 Å².